The molecule has 0 bridgehead atoms. The van der Waals surface area contributed by atoms with Gasteiger partial charge in [0.2, 0.25) is 0 Å². The zero-order chi connectivity index (χ0) is 13.9. The molecule has 0 unspecified atom stereocenters. The van der Waals surface area contributed by atoms with Gasteiger partial charge in [0.15, 0.2) is 9.84 Å². The molecule has 0 saturated carbocycles. The summed E-state index contributed by atoms with van der Waals surface area (Å²) in [6, 6.07) is 6.92. The first-order valence-corrected chi connectivity index (χ1v) is 8.40. The maximum Gasteiger partial charge on any atom is 0.175 e. The molecular weight excluding hydrogens is 262 g/mol. The van der Waals surface area contributed by atoms with Gasteiger partial charge in [-0.15, -0.1) is 0 Å². The molecule has 0 spiro atoms. The molecule has 1 fully saturated rings. The van der Waals surface area contributed by atoms with Crippen molar-refractivity contribution < 1.29 is 13.2 Å². The number of rotatable bonds is 4. The Morgan fingerprint density at radius 1 is 1.21 bits per heavy atom. The number of hydrogen-bond donors (Lipinski definition) is 1. The van der Waals surface area contributed by atoms with Crippen LogP contribution in [0, 0.1) is 5.41 Å². The predicted molar refractivity (Wildman–Crippen MR) is 76.2 cm³/mol. The van der Waals surface area contributed by atoms with Crippen molar-refractivity contribution in [1.82, 2.24) is 0 Å². The highest BCUT2D eigenvalue weighted by molar-refractivity contribution is 7.90. The molecule has 1 N–H and O–H groups in total. The molecule has 106 valence electrons. The molecule has 0 aromatic heterocycles. The summed E-state index contributed by atoms with van der Waals surface area (Å²) in [5.41, 5.74) is 1.22. The second-order valence-electron chi connectivity index (χ2n) is 5.57. The van der Waals surface area contributed by atoms with Gasteiger partial charge in [-0.1, -0.05) is 6.92 Å². The van der Waals surface area contributed by atoms with Crippen LogP contribution in [0.25, 0.3) is 0 Å². The Morgan fingerprint density at radius 2 is 1.79 bits per heavy atom. The van der Waals surface area contributed by atoms with E-state index in [2.05, 4.69) is 12.2 Å². The van der Waals surface area contributed by atoms with Crippen molar-refractivity contribution in [2.75, 3.05) is 31.3 Å². The SMILES string of the molecule is CC1(CNc2ccc(S(C)(=O)=O)cc2)CCOCC1. The van der Waals surface area contributed by atoms with Crippen molar-refractivity contribution >= 4 is 15.5 Å². The van der Waals surface area contributed by atoms with Gasteiger partial charge in [0.1, 0.15) is 0 Å². The summed E-state index contributed by atoms with van der Waals surface area (Å²) in [6.07, 6.45) is 3.33. The highest BCUT2D eigenvalue weighted by atomic mass is 32.2. The Kier molecular flexibility index (Phi) is 4.16. The lowest BCUT2D eigenvalue weighted by Gasteiger charge is -2.33. The van der Waals surface area contributed by atoms with E-state index in [0.29, 0.717) is 4.90 Å². The minimum atomic E-state index is -3.11. The van der Waals surface area contributed by atoms with Crippen LogP contribution < -0.4 is 5.32 Å². The predicted octanol–water partition coefficient (Wildman–Crippen LogP) is 2.32. The fourth-order valence-electron chi connectivity index (χ4n) is 2.18. The van der Waals surface area contributed by atoms with Crippen LogP contribution in [0.15, 0.2) is 29.2 Å². The number of nitrogens with one attached hydrogen (secondary N) is 1. The van der Waals surface area contributed by atoms with Gasteiger partial charge in [0.05, 0.1) is 4.90 Å². The fourth-order valence-corrected chi connectivity index (χ4v) is 2.81. The number of benzene rings is 1. The molecule has 1 aromatic carbocycles. The van der Waals surface area contributed by atoms with Crippen molar-refractivity contribution in [1.29, 1.82) is 0 Å². The summed E-state index contributed by atoms with van der Waals surface area (Å²) in [5.74, 6) is 0. The van der Waals surface area contributed by atoms with Crippen molar-refractivity contribution in [3.05, 3.63) is 24.3 Å². The first kappa shape index (κ1) is 14.3. The quantitative estimate of drug-likeness (QED) is 0.921. The zero-order valence-electron chi connectivity index (χ0n) is 11.5. The van der Waals surface area contributed by atoms with Crippen molar-refractivity contribution in [2.45, 2.75) is 24.7 Å². The van der Waals surface area contributed by atoms with E-state index in [1.807, 2.05) is 12.1 Å². The van der Waals surface area contributed by atoms with E-state index in [1.165, 1.54) is 6.26 Å². The Bertz CT molecular complexity index is 516. The molecule has 2 rings (SSSR count). The van der Waals surface area contributed by atoms with Gasteiger partial charge in [-0.25, -0.2) is 8.42 Å². The minimum absolute atomic E-state index is 0.258. The average Bonchev–Trinajstić information content (AvgIpc) is 2.37. The van der Waals surface area contributed by atoms with E-state index in [1.54, 1.807) is 12.1 Å². The fraction of sp³-hybridized carbons (Fsp3) is 0.571. The standard InChI is InChI=1S/C14H21NO3S/c1-14(7-9-18-10-8-14)11-15-12-3-5-13(6-4-12)19(2,16)17/h3-6,15H,7-11H2,1-2H3. The van der Waals surface area contributed by atoms with Gasteiger partial charge < -0.3 is 10.1 Å². The largest absolute Gasteiger partial charge is 0.384 e. The van der Waals surface area contributed by atoms with E-state index < -0.39 is 9.84 Å². The lowest BCUT2D eigenvalue weighted by Crippen LogP contribution is -2.33. The molecule has 1 heterocycles. The van der Waals surface area contributed by atoms with Crippen LogP contribution in [-0.2, 0) is 14.6 Å². The van der Waals surface area contributed by atoms with Crippen LogP contribution in [0.3, 0.4) is 0 Å². The molecule has 1 aliphatic rings. The first-order valence-electron chi connectivity index (χ1n) is 6.51. The molecule has 4 nitrogen and oxygen atoms in total. The summed E-state index contributed by atoms with van der Waals surface area (Å²) in [5, 5.41) is 3.38. The normalized spacial score (nSPS) is 19.1. The van der Waals surface area contributed by atoms with Gasteiger partial charge in [-0.3, -0.25) is 0 Å². The third kappa shape index (κ3) is 3.94. The summed E-state index contributed by atoms with van der Waals surface area (Å²) in [6.45, 7) is 4.79. The number of anilines is 1. The number of hydrogen-bond acceptors (Lipinski definition) is 4. The lowest BCUT2D eigenvalue weighted by molar-refractivity contribution is 0.0300. The van der Waals surface area contributed by atoms with Crippen LogP contribution in [-0.4, -0.2) is 34.4 Å². The van der Waals surface area contributed by atoms with E-state index in [-0.39, 0.29) is 5.41 Å². The van der Waals surface area contributed by atoms with Crippen LogP contribution in [0.5, 0.6) is 0 Å². The molecule has 0 atom stereocenters. The van der Waals surface area contributed by atoms with E-state index in [9.17, 15) is 8.42 Å². The third-order valence-corrected chi connectivity index (χ3v) is 4.83. The van der Waals surface area contributed by atoms with E-state index >= 15 is 0 Å². The Morgan fingerprint density at radius 3 is 2.32 bits per heavy atom. The molecule has 0 radical (unpaired) electrons. The Labute approximate surface area is 115 Å². The molecule has 19 heavy (non-hydrogen) atoms. The maximum absolute atomic E-state index is 11.4. The molecule has 1 saturated heterocycles. The monoisotopic (exact) mass is 283 g/mol. The summed E-state index contributed by atoms with van der Waals surface area (Å²) in [7, 11) is -3.11. The van der Waals surface area contributed by atoms with Crippen LogP contribution in [0.2, 0.25) is 0 Å². The zero-order valence-corrected chi connectivity index (χ0v) is 12.3. The van der Waals surface area contributed by atoms with Crippen molar-refractivity contribution in [2.24, 2.45) is 5.41 Å². The van der Waals surface area contributed by atoms with Gasteiger partial charge in [0, 0.05) is 31.7 Å². The smallest absolute Gasteiger partial charge is 0.175 e. The summed E-state index contributed by atoms with van der Waals surface area (Å²) < 4.78 is 28.1. The maximum atomic E-state index is 11.4. The van der Waals surface area contributed by atoms with Crippen LogP contribution >= 0.6 is 0 Å². The molecule has 1 aromatic rings. The van der Waals surface area contributed by atoms with Crippen LogP contribution in [0.1, 0.15) is 19.8 Å². The average molecular weight is 283 g/mol. The van der Waals surface area contributed by atoms with E-state index in [4.69, 9.17) is 4.74 Å². The first-order chi connectivity index (χ1) is 8.89. The number of sulfone groups is 1. The van der Waals surface area contributed by atoms with Gasteiger partial charge in [-0.05, 0) is 42.5 Å². The second-order valence-corrected chi connectivity index (χ2v) is 7.59. The van der Waals surface area contributed by atoms with Gasteiger partial charge >= 0.3 is 0 Å². The summed E-state index contributed by atoms with van der Waals surface area (Å²) >= 11 is 0. The van der Waals surface area contributed by atoms with Crippen molar-refractivity contribution in [3.63, 3.8) is 0 Å². The third-order valence-electron chi connectivity index (χ3n) is 3.70. The van der Waals surface area contributed by atoms with E-state index in [0.717, 1.165) is 38.3 Å². The molecule has 0 aliphatic carbocycles. The van der Waals surface area contributed by atoms with Crippen molar-refractivity contribution in [3.8, 4) is 0 Å². The molecule has 1 aliphatic heterocycles. The van der Waals surface area contributed by atoms with Gasteiger partial charge in [-0.2, -0.15) is 0 Å². The molecule has 5 heteroatoms. The number of ether oxygens (including phenoxy) is 1. The highest BCUT2D eigenvalue weighted by Gasteiger charge is 2.26. The molecule has 0 amide bonds. The Balaban J connectivity index is 1.96. The topological polar surface area (TPSA) is 55.4 Å². The lowest BCUT2D eigenvalue weighted by atomic mass is 9.82. The minimum Gasteiger partial charge on any atom is -0.384 e. The second kappa shape index (κ2) is 5.51. The van der Waals surface area contributed by atoms with Crippen LogP contribution in [0.4, 0.5) is 5.69 Å². The molecular formula is C14H21NO3S. The summed E-state index contributed by atoms with van der Waals surface area (Å²) in [4.78, 5) is 0.357. The van der Waals surface area contributed by atoms with Gasteiger partial charge in [0.25, 0.3) is 0 Å². The Hall–Kier alpha value is -1.07. The highest BCUT2D eigenvalue weighted by Crippen LogP contribution is 2.30.